The van der Waals surface area contributed by atoms with Crippen LogP contribution in [0, 0.1) is 0 Å². The van der Waals surface area contributed by atoms with Gasteiger partial charge in [-0.1, -0.05) is 6.42 Å². The lowest BCUT2D eigenvalue weighted by molar-refractivity contribution is -0.113. The van der Waals surface area contributed by atoms with Gasteiger partial charge in [0, 0.05) is 20.1 Å². The Labute approximate surface area is 119 Å². The number of piperidine rings is 1. The number of sulfonamides is 1. The molecule has 112 valence electrons. The highest BCUT2D eigenvalue weighted by Crippen LogP contribution is 2.35. The second kappa shape index (κ2) is 5.48. The van der Waals surface area contributed by atoms with E-state index < -0.39 is 15.3 Å². The van der Waals surface area contributed by atoms with Gasteiger partial charge < -0.3 is 4.42 Å². The first kappa shape index (κ1) is 14.1. The molecular weight excluding hydrogens is 280 g/mol. The molecule has 0 aromatic carbocycles. The first-order valence-corrected chi connectivity index (χ1v) is 8.49. The van der Waals surface area contributed by atoms with Crippen LogP contribution in [-0.2, 0) is 14.9 Å². The highest BCUT2D eigenvalue weighted by Gasteiger charge is 2.47. The van der Waals surface area contributed by atoms with Gasteiger partial charge in [0.05, 0.1) is 12.9 Å². The molecule has 3 rings (SSSR count). The summed E-state index contributed by atoms with van der Waals surface area (Å²) in [4.78, 5) is 5.45. The van der Waals surface area contributed by atoms with E-state index in [0.29, 0.717) is 18.8 Å². The van der Waals surface area contributed by atoms with Gasteiger partial charge in [-0.05, 0) is 25.0 Å². The molecule has 2 atom stereocenters. The van der Waals surface area contributed by atoms with Gasteiger partial charge in [-0.3, -0.25) is 4.84 Å². The van der Waals surface area contributed by atoms with E-state index >= 15 is 0 Å². The lowest BCUT2D eigenvalue weighted by Crippen LogP contribution is -2.44. The van der Waals surface area contributed by atoms with Crippen molar-refractivity contribution in [3.63, 3.8) is 0 Å². The van der Waals surface area contributed by atoms with Crippen molar-refractivity contribution in [1.29, 1.82) is 0 Å². The molecule has 7 heteroatoms. The van der Waals surface area contributed by atoms with Crippen LogP contribution in [0.4, 0.5) is 0 Å². The summed E-state index contributed by atoms with van der Waals surface area (Å²) in [5.74, 6) is 0.635. The molecule has 0 amide bonds. The second-order valence-corrected chi connectivity index (χ2v) is 7.50. The third-order valence-corrected chi connectivity index (χ3v) is 6.32. The van der Waals surface area contributed by atoms with E-state index in [4.69, 9.17) is 9.25 Å². The van der Waals surface area contributed by atoms with Gasteiger partial charge in [-0.15, -0.1) is 0 Å². The molecule has 6 nitrogen and oxygen atoms in total. The Bertz CT molecular complexity index is 537. The van der Waals surface area contributed by atoms with Crippen LogP contribution >= 0.6 is 0 Å². The number of hydrogen-bond acceptors (Lipinski definition) is 5. The molecule has 0 aliphatic carbocycles. The molecule has 1 aromatic heterocycles. The Hall–Kier alpha value is -0.890. The van der Waals surface area contributed by atoms with Crippen molar-refractivity contribution in [3.8, 4) is 0 Å². The smallest absolute Gasteiger partial charge is 0.221 e. The maximum Gasteiger partial charge on any atom is 0.221 e. The Morgan fingerprint density at radius 1 is 1.25 bits per heavy atom. The zero-order valence-corrected chi connectivity index (χ0v) is 12.4. The van der Waals surface area contributed by atoms with Gasteiger partial charge in [-0.25, -0.2) is 12.7 Å². The summed E-state index contributed by atoms with van der Waals surface area (Å²) < 4.78 is 32.6. The van der Waals surface area contributed by atoms with Crippen LogP contribution in [0.3, 0.4) is 0 Å². The largest absolute Gasteiger partial charge is 0.468 e. The van der Waals surface area contributed by atoms with Gasteiger partial charge in [0.15, 0.2) is 0 Å². The molecule has 0 bridgehead atoms. The SMILES string of the molecule is CN1OCC(S(=O)(=O)N2CCCCC2)C1c1ccco1. The summed E-state index contributed by atoms with van der Waals surface area (Å²) in [6.45, 7) is 1.42. The van der Waals surface area contributed by atoms with Gasteiger partial charge >= 0.3 is 0 Å². The summed E-state index contributed by atoms with van der Waals surface area (Å²) in [6, 6.07) is 3.19. The summed E-state index contributed by atoms with van der Waals surface area (Å²) in [5.41, 5.74) is 0. The van der Waals surface area contributed by atoms with E-state index in [1.165, 1.54) is 0 Å². The van der Waals surface area contributed by atoms with Crippen molar-refractivity contribution < 1.29 is 17.7 Å². The minimum Gasteiger partial charge on any atom is -0.468 e. The van der Waals surface area contributed by atoms with Crippen molar-refractivity contribution in [1.82, 2.24) is 9.37 Å². The van der Waals surface area contributed by atoms with Crippen LogP contribution in [0.1, 0.15) is 31.1 Å². The van der Waals surface area contributed by atoms with Crippen molar-refractivity contribution >= 4 is 10.0 Å². The molecule has 0 radical (unpaired) electrons. The fraction of sp³-hybridized carbons (Fsp3) is 0.692. The molecular formula is C13H20N2O4S. The average molecular weight is 300 g/mol. The van der Waals surface area contributed by atoms with Gasteiger partial charge in [0.2, 0.25) is 10.0 Å². The van der Waals surface area contributed by atoms with Crippen molar-refractivity contribution in [2.75, 3.05) is 26.7 Å². The highest BCUT2D eigenvalue weighted by atomic mass is 32.2. The third-order valence-electron chi connectivity index (χ3n) is 4.08. The van der Waals surface area contributed by atoms with Crippen molar-refractivity contribution in [2.24, 2.45) is 0 Å². The predicted molar refractivity (Wildman–Crippen MR) is 73.3 cm³/mol. The molecule has 0 saturated carbocycles. The molecule has 0 spiro atoms. The summed E-state index contributed by atoms with van der Waals surface area (Å²) in [5, 5.41) is 0.988. The van der Waals surface area contributed by atoms with Gasteiger partial charge in [-0.2, -0.15) is 5.06 Å². The van der Waals surface area contributed by atoms with E-state index in [1.54, 1.807) is 34.8 Å². The van der Waals surface area contributed by atoms with E-state index in [0.717, 1.165) is 19.3 Å². The third kappa shape index (κ3) is 2.39. The molecule has 0 N–H and O–H groups in total. The van der Waals surface area contributed by atoms with Gasteiger partial charge in [0.1, 0.15) is 17.1 Å². The first-order chi connectivity index (χ1) is 9.60. The summed E-state index contributed by atoms with van der Waals surface area (Å²) in [7, 11) is -1.61. The molecule has 20 heavy (non-hydrogen) atoms. The topological polar surface area (TPSA) is 63.0 Å². The normalized spacial score (nSPS) is 29.9. The Kier molecular flexibility index (Phi) is 3.85. The Balaban J connectivity index is 1.87. The molecule has 2 fully saturated rings. The molecule has 2 aliphatic heterocycles. The summed E-state index contributed by atoms with van der Waals surface area (Å²) >= 11 is 0. The predicted octanol–water partition coefficient (Wildman–Crippen LogP) is 1.38. The summed E-state index contributed by atoms with van der Waals surface area (Å²) in [6.07, 6.45) is 4.54. The van der Waals surface area contributed by atoms with Crippen LogP contribution in [-0.4, -0.2) is 49.8 Å². The maximum atomic E-state index is 12.8. The standard InChI is InChI=1S/C13H20N2O4S/c1-14-13(11-6-5-9-18-11)12(10-19-14)20(16,17)15-7-3-2-4-8-15/h5-6,9,12-13H,2-4,7-8,10H2,1H3. The zero-order valence-electron chi connectivity index (χ0n) is 11.6. The van der Waals surface area contributed by atoms with Crippen LogP contribution < -0.4 is 0 Å². The quantitative estimate of drug-likeness (QED) is 0.844. The minimum absolute atomic E-state index is 0.181. The van der Waals surface area contributed by atoms with E-state index in [1.807, 2.05) is 0 Å². The van der Waals surface area contributed by atoms with E-state index in [-0.39, 0.29) is 12.6 Å². The molecule has 2 aliphatic rings. The van der Waals surface area contributed by atoms with Crippen molar-refractivity contribution in [3.05, 3.63) is 24.2 Å². The molecule has 2 saturated heterocycles. The van der Waals surface area contributed by atoms with Gasteiger partial charge in [0.25, 0.3) is 0 Å². The first-order valence-electron chi connectivity index (χ1n) is 6.99. The number of hydrogen-bond donors (Lipinski definition) is 0. The average Bonchev–Trinajstić information content (AvgIpc) is 3.08. The van der Waals surface area contributed by atoms with Crippen LogP contribution in [0.15, 0.2) is 22.8 Å². The van der Waals surface area contributed by atoms with Crippen LogP contribution in [0.25, 0.3) is 0 Å². The second-order valence-electron chi connectivity index (χ2n) is 5.35. The van der Waals surface area contributed by atoms with Crippen LogP contribution in [0.2, 0.25) is 0 Å². The molecule has 1 aromatic rings. The van der Waals surface area contributed by atoms with E-state index in [2.05, 4.69) is 0 Å². The number of furan rings is 1. The fourth-order valence-corrected chi connectivity index (χ4v) is 4.99. The number of hydroxylamine groups is 2. The monoisotopic (exact) mass is 300 g/mol. The van der Waals surface area contributed by atoms with Crippen molar-refractivity contribution in [2.45, 2.75) is 30.6 Å². The Morgan fingerprint density at radius 2 is 2.00 bits per heavy atom. The Morgan fingerprint density at radius 3 is 2.65 bits per heavy atom. The minimum atomic E-state index is -3.36. The maximum absolute atomic E-state index is 12.8. The lowest BCUT2D eigenvalue weighted by Gasteiger charge is -2.30. The molecule has 3 heterocycles. The van der Waals surface area contributed by atoms with E-state index in [9.17, 15) is 8.42 Å². The van der Waals surface area contributed by atoms with Crippen LogP contribution in [0.5, 0.6) is 0 Å². The number of rotatable bonds is 3. The lowest BCUT2D eigenvalue weighted by atomic mass is 10.2. The molecule has 2 unspecified atom stereocenters. The highest BCUT2D eigenvalue weighted by molar-refractivity contribution is 7.89. The number of nitrogens with zero attached hydrogens (tertiary/aromatic N) is 2. The fourth-order valence-electron chi connectivity index (χ4n) is 2.98. The zero-order chi connectivity index (χ0) is 14.2.